The molecule has 1 aliphatic rings. The molecule has 1 aromatic carbocycles. The molecule has 0 saturated carbocycles. The molecular formula is C13H17BrN2O3. The van der Waals surface area contributed by atoms with Gasteiger partial charge < -0.3 is 14.8 Å². The zero-order chi connectivity index (χ0) is 13.8. The minimum Gasteiger partial charge on any atom is -0.493 e. The first-order valence-corrected chi connectivity index (χ1v) is 6.82. The molecule has 0 unspecified atom stereocenters. The molecule has 1 amide bonds. The Labute approximate surface area is 121 Å². The average Bonchev–Trinajstić information content (AvgIpc) is 2.40. The molecule has 19 heavy (non-hydrogen) atoms. The average molecular weight is 329 g/mol. The number of carbonyl (C=O) groups excluding carboxylic acids is 1. The van der Waals surface area contributed by atoms with Crippen LogP contribution in [0, 0.1) is 0 Å². The van der Waals surface area contributed by atoms with Crippen molar-refractivity contribution in [1.82, 2.24) is 10.2 Å². The predicted molar refractivity (Wildman–Crippen MR) is 75.5 cm³/mol. The predicted octanol–water partition coefficient (Wildman–Crippen LogP) is 1.40. The van der Waals surface area contributed by atoms with Gasteiger partial charge in [0.25, 0.3) is 0 Å². The maximum atomic E-state index is 11.4. The first kappa shape index (κ1) is 14.1. The van der Waals surface area contributed by atoms with Crippen LogP contribution in [0.15, 0.2) is 16.6 Å². The number of nitrogens with zero attached hydrogens (tertiary/aromatic N) is 1. The Balaban J connectivity index is 2.17. The molecule has 0 aliphatic carbocycles. The van der Waals surface area contributed by atoms with Crippen LogP contribution in [0.2, 0.25) is 0 Å². The topological polar surface area (TPSA) is 50.8 Å². The highest BCUT2D eigenvalue weighted by molar-refractivity contribution is 9.10. The molecule has 1 aliphatic heterocycles. The van der Waals surface area contributed by atoms with E-state index in [9.17, 15) is 4.79 Å². The van der Waals surface area contributed by atoms with Gasteiger partial charge in [0, 0.05) is 24.1 Å². The van der Waals surface area contributed by atoms with Crippen molar-refractivity contribution < 1.29 is 14.3 Å². The monoisotopic (exact) mass is 328 g/mol. The van der Waals surface area contributed by atoms with Crippen molar-refractivity contribution in [2.24, 2.45) is 0 Å². The summed E-state index contributed by atoms with van der Waals surface area (Å²) in [4.78, 5) is 13.5. The molecule has 1 heterocycles. The van der Waals surface area contributed by atoms with Gasteiger partial charge >= 0.3 is 0 Å². The van der Waals surface area contributed by atoms with E-state index in [0.29, 0.717) is 31.1 Å². The maximum Gasteiger partial charge on any atom is 0.234 e. The van der Waals surface area contributed by atoms with Gasteiger partial charge in [0.05, 0.1) is 20.8 Å². The minimum absolute atomic E-state index is 0.0721. The van der Waals surface area contributed by atoms with Crippen LogP contribution < -0.4 is 14.8 Å². The lowest BCUT2D eigenvalue weighted by atomic mass is 10.1. The van der Waals surface area contributed by atoms with Crippen molar-refractivity contribution in [3.05, 3.63) is 22.2 Å². The molecule has 0 bridgehead atoms. The summed E-state index contributed by atoms with van der Waals surface area (Å²) in [6.07, 6.45) is 0. The molecule has 0 atom stereocenters. The number of rotatable bonds is 4. The number of halogens is 1. The Morgan fingerprint density at radius 2 is 2.00 bits per heavy atom. The van der Waals surface area contributed by atoms with Crippen molar-refractivity contribution in [2.75, 3.05) is 33.9 Å². The Hall–Kier alpha value is -1.27. The number of hydrogen-bond donors (Lipinski definition) is 1. The first-order chi connectivity index (χ1) is 9.13. The largest absolute Gasteiger partial charge is 0.493 e. The van der Waals surface area contributed by atoms with Gasteiger partial charge in [-0.05, 0) is 17.7 Å². The lowest BCUT2D eigenvalue weighted by Gasteiger charge is -2.27. The first-order valence-electron chi connectivity index (χ1n) is 6.03. The number of ether oxygens (including phenoxy) is 2. The molecule has 1 saturated heterocycles. The van der Waals surface area contributed by atoms with E-state index >= 15 is 0 Å². The number of carbonyl (C=O) groups is 1. The van der Waals surface area contributed by atoms with Gasteiger partial charge in [0.2, 0.25) is 5.91 Å². The molecule has 5 nitrogen and oxygen atoms in total. The zero-order valence-electron chi connectivity index (χ0n) is 11.0. The summed E-state index contributed by atoms with van der Waals surface area (Å²) >= 11 is 3.53. The molecule has 104 valence electrons. The van der Waals surface area contributed by atoms with E-state index < -0.39 is 0 Å². The van der Waals surface area contributed by atoms with Gasteiger partial charge in [-0.1, -0.05) is 15.9 Å². The summed E-state index contributed by atoms with van der Waals surface area (Å²) in [6, 6.07) is 3.83. The third-order valence-electron chi connectivity index (χ3n) is 3.06. The van der Waals surface area contributed by atoms with Crippen LogP contribution in [0.4, 0.5) is 0 Å². The van der Waals surface area contributed by atoms with Crippen LogP contribution in [-0.2, 0) is 11.3 Å². The molecule has 0 radical (unpaired) electrons. The van der Waals surface area contributed by atoms with Gasteiger partial charge in [0.1, 0.15) is 0 Å². The van der Waals surface area contributed by atoms with Crippen LogP contribution in [0.25, 0.3) is 0 Å². The van der Waals surface area contributed by atoms with E-state index in [1.807, 2.05) is 12.1 Å². The molecule has 2 rings (SSSR count). The number of piperazine rings is 1. The molecule has 1 aromatic rings. The highest BCUT2D eigenvalue weighted by Crippen LogP contribution is 2.33. The van der Waals surface area contributed by atoms with Crippen LogP contribution in [0.1, 0.15) is 5.56 Å². The second-order valence-corrected chi connectivity index (χ2v) is 5.21. The van der Waals surface area contributed by atoms with Gasteiger partial charge in [-0.15, -0.1) is 0 Å². The summed E-state index contributed by atoms with van der Waals surface area (Å²) in [5.41, 5.74) is 1.08. The van der Waals surface area contributed by atoms with E-state index in [2.05, 4.69) is 26.1 Å². The fourth-order valence-corrected chi connectivity index (χ4v) is 2.53. The lowest BCUT2D eigenvalue weighted by molar-refractivity contribution is -0.124. The van der Waals surface area contributed by atoms with Gasteiger partial charge in [-0.25, -0.2) is 0 Å². The summed E-state index contributed by atoms with van der Waals surface area (Å²) in [7, 11) is 3.23. The fraction of sp³-hybridized carbons (Fsp3) is 0.462. The smallest absolute Gasteiger partial charge is 0.234 e. The Morgan fingerprint density at radius 1 is 1.32 bits per heavy atom. The second-order valence-electron chi connectivity index (χ2n) is 4.36. The van der Waals surface area contributed by atoms with Crippen molar-refractivity contribution in [2.45, 2.75) is 6.54 Å². The molecule has 1 N–H and O–H groups in total. The van der Waals surface area contributed by atoms with E-state index in [1.54, 1.807) is 14.2 Å². The summed E-state index contributed by atoms with van der Waals surface area (Å²) in [5, 5.41) is 2.82. The van der Waals surface area contributed by atoms with E-state index in [4.69, 9.17) is 9.47 Å². The van der Waals surface area contributed by atoms with Crippen LogP contribution >= 0.6 is 15.9 Å². The minimum atomic E-state index is 0.0721. The number of amides is 1. The van der Waals surface area contributed by atoms with Crippen LogP contribution in [-0.4, -0.2) is 44.7 Å². The molecule has 0 spiro atoms. The number of methoxy groups -OCH3 is 2. The fourth-order valence-electron chi connectivity index (χ4n) is 2.08. The Morgan fingerprint density at radius 3 is 2.63 bits per heavy atom. The standard InChI is InChI=1S/C13H17BrN2O3/c1-18-11-5-9(10(14)6-12(11)19-2)7-16-4-3-15-13(17)8-16/h5-6H,3-4,7-8H2,1-2H3,(H,15,17). The van der Waals surface area contributed by atoms with Crippen molar-refractivity contribution >= 4 is 21.8 Å². The quantitative estimate of drug-likeness (QED) is 0.907. The SMILES string of the molecule is COc1cc(Br)c(CN2CCNC(=O)C2)cc1OC. The third kappa shape index (κ3) is 3.39. The van der Waals surface area contributed by atoms with E-state index in [1.165, 1.54) is 0 Å². The van der Waals surface area contributed by atoms with Gasteiger partial charge in [-0.2, -0.15) is 0 Å². The molecule has 0 aromatic heterocycles. The number of hydrogen-bond acceptors (Lipinski definition) is 4. The van der Waals surface area contributed by atoms with Gasteiger partial charge in [0.15, 0.2) is 11.5 Å². The molecule has 6 heteroatoms. The molecule has 1 fully saturated rings. The second kappa shape index (κ2) is 6.25. The Kier molecular flexibility index (Phi) is 4.66. The molecular weight excluding hydrogens is 312 g/mol. The van der Waals surface area contributed by atoms with Crippen molar-refractivity contribution in [3.63, 3.8) is 0 Å². The summed E-state index contributed by atoms with van der Waals surface area (Å²) in [6.45, 7) is 2.69. The maximum absolute atomic E-state index is 11.4. The summed E-state index contributed by atoms with van der Waals surface area (Å²) < 4.78 is 11.5. The lowest BCUT2D eigenvalue weighted by Crippen LogP contribution is -2.47. The highest BCUT2D eigenvalue weighted by Gasteiger charge is 2.18. The Bertz CT molecular complexity index is 479. The third-order valence-corrected chi connectivity index (χ3v) is 3.80. The zero-order valence-corrected chi connectivity index (χ0v) is 12.6. The van der Waals surface area contributed by atoms with Gasteiger partial charge in [-0.3, -0.25) is 9.69 Å². The number of nitrogens with one attached hydrogen (secondary N) is 1. The highest BCUT2D eigenvalue weighted by atomic mass is 79.9. The van der Waals surface area contributed by atoms with Crippen LogP contribution in [0.3, 0.4) is 0 Å². The number of benzene rings is 1. The van der Waals surface area contributed by atoms with Crippen LogP contribution in [0.5, 0.6) is 11.5 Å². The van der Waals surface area contributed by atoms with E-state index in [-0.39, 0.29) is 5.91 Å². The van der Waals surface area contributed by atoms with Crippen molar-refractivity contribution in [3.8, 4) is 11.5 Å². The normalized spacial score (nSPS) is 16.1. The summed E-state index contributed by atoms with van der Waals surface area (Å²) in [5.74, 6) is 1.46. The van der Waals surface area contributed by atoms with Crippen molar-refractivity contribution in [1.29, 1.82) is 0 Å². The van der Waals surface area contributed by atoms with E-state index in [0.717, 1.165) is 16.6 Å².